The van der Waals surface area contributed by atoms with E-state index < -0.39 is 11.9 Å². The maximum absolute atomic E-state index is 12.8. The lowest BCUT2D eigenvalue weighted by Crippen LogP contribution is -2.37. The molecule has 0 aliphatic heterocycles. The zero-order valence-electron chi connectivity index (χ0n) is 14.4. The van der Waals surface area contributed by atoms with Gasteiger partial charge < -0.3 is 14.7 Å². The molecule has 6 heteroatoms. The van der Waals surface area contributed by atoms with Crippen molar-refractivity contribution in [3.63, 3.8) is 0 Å². The molecule has 0 saturated heterocycles. The minimum atomic E-state index is -0.885. The van der Waals surface area contributed by atoms with Gasteiger partial charge in [0.1, 0.15) is 0 Å². The highest BCUT2D eigenvalue weighted by molar-refractivity contribution is 7.14. The summed E-state index contributed by atoms with van der Waals surface area (Å²) in [6.45, 7) is 9.58. The Morgan fingerprint density at radius 1 is 1.39 bits per heavy atom. The second kappa shape index (κ2) is 9.67. The summed E-state index contributed by atoms with van der Waals surface area (Å²) in [5, 5.41) is 9.12. The lowest BCUT2D eigenvalue weighted by Gasteiger charge is -2.24. The Labute approximate surface area is 142 Å². The third-order valence-corrected chi connectivity index (χ3v) is 5.05. The van der Waals surface area contributed by atoms with Crippen molar-refractivity contribution in [2.75, 3.05) is 26.3 Å². The standard InChI is InChI=1S/C17H27NO4S/c1-5-14-12(3)10-15(23-14)16(19)18(8-7-9-22-6-2)11-13(4)17(20)21/h10,13H,5-9,11H2,1-4H3,(H,20,21). The highest BCUT2D eigenvalue weighted by Crippen LogP contribution is 2.24. The fraction of sp³-hybridized carbons (Fsp3) is 0.647. The Kier molecular flexibility index (Phi) is 8.26. The van der Waals surface area contributed by atoms with E-state index in [-0.39, 0.29) is 12.5 Å². The van der Waals surface area contributed by atoms with Crippen LogP contribution in [0.3, 0.4) is 0 Å². The molecule has 1 heterocycles. The molecule has 0 bridgehead atoms. The van der Waals surface area contributed by atoms with Crippen LogP contribution in [0, 0.1) is 12.8 Å². The first-order chi connectivity index (χ1) is 10.9. The lowest BCUT2D eigenvalue weighted by atomic mass is 10.1. The predicted molar refractivity (Wildman–Crippen MR) is 92.2 cm³/mol. The van der Waals surface area contributed by atoms with Gasteiger partial charge in [0.15, 0.2) is 0 Å². The molecule has 1 aromatic heterocycles. The minimum Gasteiger partial charge on any atom is -0.481 e. The molecule has 1 atom stereocenters. The van der Waals surface area contributed by atoms with Gasteiger partial charge in [0.2, 0.25) is 0 Å². The fourth-order valence-electron chi connectivity index (χ4n) is 2.32. The second-order valence-electron chi connectivity index (χ2n) is 5.61. The highest BCUT2D eigenvalue weighted by atomic mass is 32.1. The molecule has 1 aromatic rings. The van der Waals surface area contributed by atoms with Gasteiger partial charge in [-0.1, -0.05) is 13.8 Å². The van der Waals surface area contributed by atoms with E-state index in [2.05, 4.69) is 6.92 Å². The number of aliphatic carboxylic acids is 1. The third-order valence-electron chi connectivity index (χ3n) is 3.68. The number of amides is 1. The van der Waals surface area contributed by atoms with Gasteiger partial charge in [-0.2, -0.15) is 0 Å². The summed E-state index contributed by atoms with van der Waals surface area (Å²) in [5.41, 5.74) is 1.13. The highest BCUT2D eigenvalue weighted by Gasteiger charge is 2.23. The van der Waals surface area contributed by atoms with Crippen LogP contribution in [0.2, 0.25) is 0 Å². The second-order valence-corrected chi connectivity index (χ2v) is 6.75. The minimum absolute atomic E-state index is 0.0811. The summed E-state index contributed by atoms with van der Waals surface area (Å²) < 4.78 is 5.31. The van der Waals surface area contributed by atoms with Gasteiger partial charge in [-0.15, -0.1) is 11.3 Å². The van der Waals surface area contributed by atoms with Crippen molar-refractivity contribution in [1.29, 1.82) is 0 Å². The quantitative estimate of drug-likeness (QED) is 0.664. The Bertz CT molecular complexity index is 527. The molecule has 0 saturated carbocycles. The molecular weight excluding hydrogens is 314 g/mol. The molecular formula is C17H27NO4S. The van der Waals surface area contributed by atoms with Crippen LogP contribution in [0.15, 0.2) is 6.07 Å². The molecule has 5 nitrogen and oxygen atoms in total. The van der Waals surface area contributed by atoms with Crippen molar-refractivity contribution in [1.82, 2.24) is 4.90 Å². The largest absolute Gasteiger partial charge is 0.481 e. The molecule has 0 aliphatic rings. The Morgan fingerprint density at radius 2 is 2.09 bits per heavy atom. The molecule has 0 radical (unpaired) electrons. The zero-order chi connectivity index (χ0) is 17.4. The number of thiophene rings is 1. The van der Waals surface area contributed by atoms with Crippen LogP contribution in [0.4, 0.5) is 0 Å². The molecule has 0 spiro atoms. The number of carboxylic acids is 1. The van der Waals surface area contributed by atoms with Gasteiger partial charge in [0.05, 0.1) is 10.8 Å². The number of aryl methyl sites for hydroxylation is 2. The van der Waals surface area contributed by atoms with Gasteiger partial charge >= 0.3 is 5.97 Å². The molecule has 130 valence electrons. The average Bonchev–Trinajstić information content (AvgIpc) is 2.90. The molecule has 0 aliphatic carbocycles. The van der Waals surface area contributed by atoms with Gasteiger partial charge in [-0.3, -0.25) is 9.59 Å². The van der Waals surface area contributed by atoms with E-state index in [4.69, 9.17) is 9.84 Å². The number of carbonyl (C=O) groups excluding carboxylic acids is 1. The number of carbonyl (C=O) groups is 2. The summed E-state index contributed by atoms with van der Waals surface area (Å²) in [6.07, 6.45) is 1.61. The van der Waals surface area contributed by atoms with Crippen LogP contribution >= 0.6 is 11.3 Å². The third kappa shape index (κ3) is 5.95. The average molecular weight is 341 g/mol. The maximum Gasteiger partial charge on any atom is 0.308 e. The number of carboxylic acid groups (broad SMARTS) is 1. The molecule has 1 amide bonds. The van der Waals surface area contributed by atoms with E-state index in [0.29, 0.717) is 31.1 Å². The van der Waals surface area contributed by atoms with Crippen molar-refractivity contribution in [2.45, 2.75) is 40.5 Å². The van der Waals surface area contributed by atoms with Crippen LogP contribution in [0.25, 0.3) is 0 Å². The Morgan fingerprint density at radius 3 is 2.61 bits per heavy atom. The monoisotopic (exact) mass is 341 g/mol. The predicted octanol–water partition coefficient (Wildman–Crippen LogP) is 3.21. The van der Waals surface area contributed by atoms with Crippen molar-refractivity contribution in [2.24, 2.45) is 5.92 Å². The lowest BCUT2D eigenvalue weighted by molar-refractivity contribution is -0.141. The number of ether oxygens (including phenoxy) is 1. The van der Waals surface area contributed by atoms with E-state index in [1.807, 2.05) is 19.9 Å². The van der Waals surface area contributed by atoms with Gasteiger partial charge in [0, 0.05) is 31.2 Å². The summed E-state index contributed by atoms with van der Waals surface area (Å²) in [6, 6.07) is 1.91. The Hall–Kier alpha value is -1.40. The molecule has 1 unspecified atom stereocenters. The van der Waals surface area contributed by atoms with Gasteiger partial charge in [0.25, 0.3) is 5.91 Å². The van der Waals surface area contributed by atoms with Crippen LogP contribution in [-0.4, -0.2) is 48.2 Å². The maximum atomic E-state index is 12.8. The van der Waals surface area contributed by atoms with Crippen LogP contribution < -0.4 is 0 Å². The summed E-state index contributed by atoms with van der Waals surface area (Å²) in [4.78, 5) is 27.4. The first kappa shape index (κ1) is 19.6. The number of rotatable bonds is 10. The van der Waals surface area contributed by atoms with Crippen LogP contribution in [0.5, 0.6) is 0 Å². The molecule has 0 fully saturated rings. The molecule has 1 N–H and O–H groups in total. The Balaban J connectivity index is 2.82. The summed E-state index contributed by atoms with van der Waals surface area (Å²) >= 11 is 1.51. The van der Waals surface area contributed by atoms with E-state index in [9.17, 15) is 9.59 Å². The van der Waals surface area contributed by atoms with Crippen molar-refractivity contribution in [3.8, 4) is 0 Å². The normalized spacial score (nSPS) is 12.2. The van der Waals surface area contributed by atoms with Crippen molar-refractivity contribution in [3.05, 3.63) is 21.4 Å². The fourth-order valence-corrected chi connectivity index (χ4v) is 3.40. The van der Waals surface area contributed by atoms with E-state index in [0.717, 1.165) is 12.0 Å². The van der Waals surface area contributed by atoms with Crippen LogP contribution in [0.1, 0.15) is 47.3 Å². The van der Waals surface area contributed by atoms with Gasteiger partial charge in [-0.25, -0.2) is 0 Å². The smallest absolute Gasteiger partial charge is 0.308 e. The molecule has 23 heavy (non-hydrogen) atoms. The van der Waals surface area contributed by atoms with Crippen LogP contribution in [-0.2, 0) is 16.0 Å². The summed E-state index contributed by atoms with van der Waals surface area (Å²) in [7, 11) is 0. The molecule has 1 rings (SSSR count). The first-order valence-corrected chi connectivity index (χ1v) is 8.91. The van der Waals surface area contributed by atoms with Crippen molar-refractivity contribution < 1.29 is 19.4 Å². The van der Waals surface area contributed by atoms with Crippen molar-refractivity contribution >= 4 is 23.2 Å². The SMILES string of the molecule is CCOCCCN(CC(C)C(=O)O)C(=O)c1cc(C)c(CC)s1. The number of hydrogen-bond donors (Lipinski definition) is 1. The zero-order valence-corrected chi connectivity index (χ0v) is 15.2. The van der Waals surface area contributed by atoms with E-state index in [1.165, 1.54) is 16.2 Å². The number of hydrogen-bond acceptors (Lipinski definition) is 4. The topological polar surface area (TPSA) is 66.8 Å². The van der Waals surface area contributed by atoms with E-state index in [1.54, 1.807) is 11.8 Å². The van der Waals surface area contributed by atoms with E-state index >= 15 is 0 Å². The first-order valence-electron chi connectivity index (χ1n) is 8.09. The summed E-state index contributed by atoms with van der Waals surface area (Å²) in [5.74, 6) is -1.55. The molecule has 0 aromatic carbocycles. The van der Waals surface area contributed by atoms with Gasteiger partial charge in [-0.05, 0) is 38.3 Å². The number of nitrogens with zero attached hydrogens (tertiary/aromatic N) is 1.